The summed E-state index contributed by atoms with van der Waals surface area (Å²) in [6.07, 6.45) is 0. The van der Waals surface area contributed by atoms with E-state index in [0.717, 1.165) is 0 Å². The lowest BCUT2D eigenvalue weighted by atomic mass is 10.2. The molecule has 0 bridgehead atoms. The third kappa shape index (κ3) is 5.07. The van der Waals surface area contributed by atoms with Crippen LogP contribution in [0, 0.1) is 0 Å². The second-order valence-corrected chi connectivity index (χ2v) is 5.86. The highest BCUT2D eigenvalue weighted by molar-refractivity contribution is 9.10. The minimum absolute atomic E-state index is 0.229. The molecule has 0 heterocycles. The first-order chi connectivity index (χ1) is 11.5. The first kappa shape index (κ1) is 18.0. The van der Waals surface area contributed by atoms with Crippen LogP contribution in [-0.2, 0) is 9.53 Å². The molecule has 2 N–H and O–H groups in total. The Bertz CT molecular complexity index is 782. The summed E-state index contributed by atoms with van der Waals surface area (Å²) in [5, 5.41) is 0.384. The summed E-state index contributed by atoms with van der Waals surface area (Å²) in [5.41, 5.74) is 4.98. The molecule has 2 rings (SSSR count). The monoisotopic (exact) mass is 410 g/mol. The molecule has 0 saturated heterocycles. The molecule has 8 heteroatoms. The molecule has 24 heavy (non-hydrogen) atoms. The molecule has 2 amide bonds. The summed E-state index contributed by atoms with van der Waals surface area (Å²) in [4.78, 5) is 35.3. The maximum atomic E-state index is 11.9. The normalized spacial score (nSPS) is 9.92. The highest BCUT2D eigenvalue weighted by Crippen LogP contribution is 2.15. The van der Waals surface area contributed by atoms with Crippen LogP contribution < -0.4 is 10.9 Å². The molecule has 2 aromatic rings. The van der Waals surface area contributed by atoms with Crippen molar-refractivity contribution >= 4 is 45.3 Å². The van der Waals surface area contributed by atoms with Gasteiger partial charge >= 0.3 is 5.97 Å². The fraction of sp³-hybridized carbons (Fsp3) is 0.0625. The number of nitrogens with one attached hydrogen (secondary N) is 2. The lowest BCUT2D eigenvalue weighted by molar-refractivity contribution is -0.125. The SMILES string of the molecule is O=C(COC(=O)c1cccc(Cl)c1)NNC(=O)c1ccccc1Br. The average molecular weight is 412 g/mol. The summed E-state index contributed by atoms with van der Waals surface area (Å²) >= 11 is 9.00. The Balaban J connectivity index is 1.80. The summed E-state index contributed by atoms with van der Waals surface area (Å²) in [7, 11) is 0. The first-order valence-corrected chi connectivity index (χ1v) is 7.91. The van der Waals surface area contributed by atoms with E-state index in [1.54, 1.807) is 36.4 Å². The Hall–Kier alpha value is -2.38. The molecular weight excluding hydrogens is 400 g/mol. The van der Waals surface area contributed by atoms with Crippen LogP contribution in [0.15, 0.2) is 53.0 Å². The predicted octanol–water partition coefficient (Wildman–Crippen LogP) is 2.72. The first-order valence-electron chi connectivity index (χ1n) is 6.74. The van der Waals surface area contributed by atoms with Gasteiger partial charge in [-0.15, -0.1) is 0 Å². The molecule has 0 aliphatic rings. The van der Waals surface area contributed by atoms with Gasteiger partial charge in [-0.25, -0.2) is 4.79 Å². The molecule has 0 unspecified atom stereocenters. The Morgan fingerprint density at radius 1 is 1.04 bits per heavy atom. The van der Waals surface area contributed by atoms with Gasteiger partial charge in [0.15, 0.2) is 6.61 Å². The zero-order valence-corrected chi connectivity index (χ0v) is 14.6. The number of carbonyl (C=O) groups excluding carboxylic acids is 3. The molecule has 0 spiro atoms. The minimum Gasteiger partial charge on any atom is -0.452 e. The van der Waals surface area contributed by atoms with Gasteiger partial charge in [0.1, 0.15) is 0 Å². The quantitative estimate of drug-likeness (QED) is 0.598. The molecule has 0 aliphatic heterocycles. The minimum atomic E-state index is -0.690. The summed E-state index contributed by atoms with van der Waals surface area (Å²) in [6, 6.07) is 12.9. The number of hydrogen-bond acceptors (Lipinski definition) is 4. The molecule has 0 aliphatic carbocycles. The van der Waals surface area contributed by atoms with Crippen molar-refractivity contribution in [2.75, 3.05) is 6.61 Å². The molecule has 124 valence electrons. The van der Waals surface area contributed by atoms with E-state index in [1.807, 2.05) is 0 Å². The zero-order valence-electron chi connectivity index (χ0n) is 12.2. The largest absolute Gasteiger partial charge is 0.452 e. The van der Waals surface area contributed by atoms with Crippen LogP contribution in [0.3, 0.4) is 0 Å². The van der Waals surface area contributed by atoms with Gasteiger partial charge in [0, 0.05) is 9.50 Å². The van der Waals surface area contributed by atoms with Crippen LogP contribution >= 0.6 is 27.5 Å². The van der Waals surface area contributed by atoms with Gasteiger partial charge in [0.2, 0.25) is 0 Å². The van der Waals surface area contributed by atoms with Crippen LogP contribution in [0.1, 0.15) is 20.7 Å². The Kier molecular flexibility index (Phi) is 6.34. The molecule has 0 atom stereocenters. The summed E-state index contributed by atoms with van der Waals surface area (Å²) in [5.74, 6) is -1.87. The number of esters is 1. The van der Waals surface area contributed by atoms with Crippen molar-refractivity contribution in [3.63, 3.8) is 0 Å². The number of hydrazine groups is 1. The Labute approximate surface area is 151 Å². The van der Waals surface area contributed by atoms with E-state index in [-0.39, 0.29) is 5.56 Å². The van der Waals surface area contributed by atoms with Crippen LogP contribution in [0.4, 0.5) is 0 Å². The van der Waals surface area contributed by atoms with E-state index in [2.05, 4.69) is 26.8 Å². The summed E-state index contributed by atoms with van der Waals surface area (Å²) in [6.45, 7) is -0.540. The average Bonchev–Trinajstić information content (AvgIpc) is 2.58. The fourth-order valence-electron chi connectivity index (χ4n) is 1.71. The van der Waals surface area contributed by atoms with Gasteiger partial charge in [0.05, 0.1) is 11.1 Å². The van der Waals surface area contributed by atoms with Crippen LogP contribution in [0.25, 0.3) is 0 Å². The highest BCUT2D eigenvalue weighted by Gasteiger charge is 2.13. The second-order valence-electron chi connectivity index (χ2n) is 4.57. The van der Waals surface area contributed by atoms with Crippen LogP contribution in [0.5, 0.6) is 0 Å². The third-order valence-corrected chi connectivity index (χ3v) is 3.76. The van der Waals surface area contributed by atoms with Gasteiger partial charge in [-0.1, -0.05) is 29.8 Å². The number of benzene rings is 2. The molecular formula is C16H12BrClN2O4. The number of amides is 2. The predicted molar refractivity (Wildman–Crippen MR) is 91.5 cm³/mol. The van der Waals surface area contributed by atoms with Gasteiger partial charge < -0.3 is 4.74 Å². The number of halogens is 2. The van der Waals surface area contributed by atoms with Crippen molar-refractivity contribution in [2.45, 2.75) is 0 Å². The molecule has 2 aromatic carbocycles. The maximum Gasteiger partial charge on any atom is 0.338 e. The molecule has 6 nitrogen and oxygen atoms in total. The number of hydrogen-bond donors (Lipinski definition) is 2. The van der Waals surface area contributed by atoms with Crippen LogP contribution in [-0.4, -0.2) is 24.4 Å². The van der Waals surface area contributed by atoms with E-state index in [0.29, 0.717) is 15.1 Å². The van der Waals surface area contributed by atoms with Crippen molar-refractivity contribution in [2.24, 2.45) is 0 Å². The standard InChI is InChI=1S/C16H12BrClN2O4/c17-13-7-2-1-6-12(13)15(22)20-19-14(21)9-24-16(23)10-4-3-5-11(18)8-10/h1-8H,9H2,(H,19,21)(H,20,22). The highest BCUT2D eigenvalue weighted by atomic mass is 79.9. The van der Waals surface area contributed by atoms with E-state index in [4.69, 9.17) is 16.3 Å². The molecule has 0 fully saturated rings. The van der Waals surface area contributed by atoms with Gasteiger partial charge in [-0.3, -0.25) is 20.4 Å². The van der Waals surface area contributed by atoms with Crippen molar-refractivity contribution in [3.8, 4) is 0 Å². The van der Waals surface area contributed by atoms with E-state index >= 15 is 0 Å². The van der Waals surface area contributed by atoms with Crippen molar-refractivity contribution in [1.82, 2.24) is 10.9 Å². The number of ether oxygens (including phenoxy) is 1. The lowest BCUT2D eigenvalue weighted by Crippen LogP contribution is -2.43. The maximum absolute atomic E-state index is 11.9. The van der Waals surface area contributed by atoms with E-state index < -0.39 is 24.4 Å². The zero-order chi connectivity index (χ0) is 17.5. The Morgan fingerprint density at radius 2 is 1.79 bits per heavy atom. The van der Waals surface area contributed by atoms with E-state index in [1.165, 1.54) is 12.1 Å². The molecule has 0 saturated carbocycles. The van der Waals surface area contributed by atoms with Crippen molar-refractivity contribution in [3.05, 3.63) is 69.2 Å². The van der Waals surface area contributed by atoms with Crippen molar-refractivity contribution in [1.29, 1.82) is 0 Å². The topological polar surface area (TPSA) is 84.5 Å². The van der Waals surface area contributed by atoms with Crippen LogP contribution in [0.2, 0.25) is 5.02 Å². The molecule has 0 aromatic heterocycles. The molecule has 0 radical (unpaired) electrons. The fourth-order valence-corrected chi connectivity index (χ4v) is 2.36. The van der Waals surface area contributed by atoms with Gasteiger partial charge in [0.25, 0.3) is 11.8 Å². The second kappa shape index (κ2) is 8.47. The third-order valence-electron chi connectivity index (χ3n) is 2.83. The number of rotatable bonds is 4. The van der Waals surface area contributed by atoms with E-state index in [9.17, 15) is 14.4 Å². The Morgan fingerprint density at radius 3 is 2.50 bits per heavy atom. The van der Waals surface area contributed by atoms with Crippen molar-refractivity contribution < 1.29 is 19.1 Å². The lowest BCUT2D eigenvalue weighted by Gasteiger charge is -2.09. The van der Waals surface area contributed by atoms with Gasteiger partial charge in [-0.2, -0.15) is 0 Å². The number of carbonyl (C=O) groups is 3. The van der Waals surface area contributed by atoms with Gasteiger partial charge in [-0.05, 0) is 46.3 Å². The summed E-state index contributed by atoms with van der Waals surface area (Å²) < 4.78 is 5.42. The smallest absolute Gasteiger partial charge is 0.338 e.